The van der Waals surface area contributed by atoms with Crippen LogP contribution in [-0.4, -0.2) is 40.1 Å². The summed E-state index contributed by atoms with van der Waals surface area (Å²) in [6, 6.07) is 1.87. The van der Waals surface area contributed by atoms with Crippen molar-refractivity contribution >= 4 is 34.1 Å². The van der Waals surface area contributed by atoms with Crippen molar-refractivity contribution in [3.05, 3.63) is 45.5 Å². The molecule has 3 heterocycles. The number of anilines is 2. The average molecular weight is 417 g/mol. The van der Waals surface area contributed by atoms with Gasteiger partial charge in [0.15, 0.2) is 0 Å². The Kier molecular flexibility index (Phi) is 4.54. The van der Waals surface area contributed by atoms with Crippen molar-refractivity contribution < 1.29 is 4.39 Å². The summed E-state index contributed by atoms with van der Waals surface area (Å²) in [5, 5.41) is 15.0. The van der Waals surface area contributed by atoms with E-state index in [4.69, 9.17) is 17.3 Å². The van der Waals surface area contributed by atoms with Crippen molar-refractivity contribution in [1.29, 1.82) is 0 Å². The number of benzene rings is 1. The van der Waals surface area contributed by atoms with Crippen molar-refractivity contribution in [3.63, 3.8) is 0 Å². The average Bonchev–Trinajstić information content (AvgIpc) is 3.10. The summed E-state index contributed by atoms with van der Waals surface area (Å²) in [7, 11) is 1.61. The summed E-state index contributed by atoms with van der Waals surface area (Å²) in [5.41, 5.74) is 5.63. The van der Waals surface area contributed by atoms with Crippen LogP contribution < -0.4 is 16.6 Å². The number of hydrogen-bond donors (Lipinski definition) is 3. The highest BCUT2D eigenvalue weighted by atomic mass is 35.5. The zero-order chi connectivity index (χ0) is 20.7. The largest absolute Gasteiger partial charge is 0.383 e. The molecule has 0 saturated carbocycles. The number of nitrogen functional groups attached to an aromatic ring is 1. The van der Waals surface area contributed by atoms with E-state index in [0.717, 1.165) is 6.07 Å². The molecule has 148 valence electrons. The summed E-state index contributed by atoms with van der Waals surface area (Å²) < 4.78 is 14.2. The maximum absolute atomic E-state index is 14.2. The number of aryl methyl sites for hydroxylation is 1. The van der Waals surface area contributed by atoms with E-state index in [-0.39, 0.29) is 33.4 Å². The number of tetrazole rings is 1. The molecule has 11 nitrogen and oxygen atoms in total. The number of rotatable bonds is 4. The minimum Gasteiger partial charge on any atom is -0.383 e. The molecular formula is C16H14ClFN10O. The third-order valence-electron chi connectivity index (χ3n) is 4.15. The van der Waals surface area contributed by atoms with Crippen LogP contribution in [0.25, 0.3) is 22.3 Å². The molecule has 3 aromatic heterocycles. The quantitative estimate of drug-likeness (QED) is 0.448. The second kappa shape index (κ2) is 7.05. The lowest BCUT2D eigenvalue weighted by Gasteiger charge is -2.16. The van der Waals surface area contributed by atoms with Crippen molar-refractivity contribution in [2.45, 2.75) is 13.0 Å². The Balaban J connectivity index is 1.76. The lowest BCUT2D eigenvalue weighted by atomic mass is 10.2. The molecule has 0 aliphatic heterocycles. The second-order valence-corrected chi connectivity index (χ2v) is 6.56. The van der Waals surface area contributed by atoms with Crippen LogP contribution in [0.5, 0.6) is 0 Å². The van der Waals surface area contributed by atoms with E-state index >= 15 is 0 Å². The van der Waals surface area contributed by atoms with Gasteiger partial charge in [-0.15, -0.1) is 10.2 Å². The fourth-order valence-corrected chi connectivity index (χ4v) is 3.02. The number of H-pyrrole nitrogens is 1. The van der Waals surface area contributed by atoms with Gasteiger partial charge in [0.2, 0.25) is 5.82 Å². The molecule has 4 N–H and O–H groups in total. The molecule has 0 amide bonds. The normalized spacial score (nSPS) is 12.3. The van der Waals surface area contributed by atoms with Crippen LogP contribution in [0.3, 0.4) is 0 Å². The number of nitrogens with two attached hydrogens (primary N) is 1. The first-order valence-electron chi connectivity index (χ1n) is 8.34. The molecule has 1 aromatic carbocycles. The Morgan fingerprint density at radius 2 is 2.14 bits per heavy atom. The number of halogens is 2. The third kappa shape index (κ3) is 3.33. The van der Waals surface area contributed by atoms with E-state index in [1.807, 2.05) is 0 Å². The van der Waals surface area contributed by atoms with Gasteiger partial charge in [-0.25, -0.2) is 19.3 Å². The number of fused-ring (bicyclic) bond motifs is 1. The van der Waals surface area contributed by atoms with Gasteiger partial charge in [-0.2, -0.15) is 4.80 Å². The standard InChI is InChI=1S/C16H14ClFN10O/c1-6(13-23-11-8(18)4-3-7(17)9(11)16(29)24-13)22-14-10(12(19)20-5-21-14)15-25-27-28(2)26-15/h3-6H,1-2H3,(H,23,24,29)(H3,19,20,21,22). The van der Waals surface area contributed by atoms with Crippen LogP contribution in [-0.2, 0) is 7.05 Å². The van der Waals surface area contributed by atoms with Crippen LogP contribution in [0.4, 0.5) is 16.0 Å². The second-order valence-electron chi connectivity index (χ2n) is 6.16. The molecule has 0 fully saturated rings. The fourth-order valence-electron chi connectivity index (χ4n) is 2.79. The number of nitrogens with one attached hydrogen (secondary N) is 2. The number of aromatic amines is 1. The summed E-state index contributed by atoms with van der Waals surface area (Å²) in [4.78, 5) is 28.7. The number of aromatic nitrogens is 8. The van der Waals surface area contributed by atoms with Gasteiger partial charge in [-0.3, -0.25) is 4.79 Å². The SMILES string of the molecule is CC(Nc1ncnc(N)c1-c1nnn(C)n1)c1nc2c(F)ccc(Cl)c2c(=O)[nH]1. The summed E-state index contributed by atoms with van der Waals surface area (Å²) in [5.74, 6) is 0.185. The molecule has 13 heteroatoms. The van der Waals surface area contributed by atoms with Crippen LogP contribution in [0.1, 0.15) is 18.8 Å². The van der Waals surface area contributed by atoms with Crippen LogP contribution in [0.2, 0.25) is 5.02 Å². The van der Waals surface area contributed by atoms with Gasteiger partial charge in [0, 0.05) is 0 Å². The highest BCUT2D eigenvalue weighted by molar-refractivity contribution is 6.35. The molecule has 0 aliphatic rings. The lowest BCUT2D eigenvalue weighted by Crippen LogP contribution is -2.19. The zero-order valence-electron chi connectivity index (χ0n) is 15.2. The smallest absolute Gasteiger partial charge is 0.260 e. The molecule has 0 aliphatic carbocycles. The Morgan fingerprint density at radius 1 is 1.34 bits per heavy atom. The van der Waals surface area contributed by atoms with Crippen molar-refractivity contribution in [2.24, 2.45) is 7.05 Å². The van der Waals surface area contributed by atoms with Gasteiger partial charge in [0.25, 0.3) is 5.56 Å². The Bertz CT molecular complexity index is 1290. The van der Waals surface area contributed by atoms with E-state index in [1.165, 1.54) is 17.2 Å². The van der Waals surface area contributed by atoms with Crippen molar-refractivity contribution in [3.8, 4) is 11.4 Å². The van der Waals surface area contributed by atoms with Crippen LogP contribution in [0, 0.1) is 5.82 Å². The monoisotopic (exact) mass is 416 g/mol. The molecule has 1 unspecified atom stereocenters. The summed E-state index contributed by atoms with van der Waals surface area (Å²) in [6.07, 6.45) is 1.26. The molecule has 0 spiro atoms. The highest BCUT2D eigenvalue weighted by Gasteiger charge is 2.20. The van der Waals surface area contributed by atoms with Gasteiger partial charge < -0.3 is 16.0 Å². The van der Waals surface area contributed by atoms with Crippen LogP contribution >= 0.6 is 11.6 Å². The Morgan fingerprint density at radius 3 is 2.86 bits per heavy atom. The van der Waals surface area contributed by atoms with E-state index < -0.39 is 17.4 Å². The molecule has 4 aromatic rings. The molecule has 1 atom stereocenters. The predicted molar refractivity (Wildman–Crippen MR) is 104 cm³/mol. The minimum atomic E-state index is -0.653. The van der Waals surface area contributed by atoms with E-state index in [9.17, 15) is 9.18 Å². The fraction of sp³-hybridized carbons (Fsp3) is 0.188. The van der Waals surface area contributed by atoms with Crippen molar-refractivity contribution in [2.75, 3.05) is 11.1 Å². The zero-order valence-corrected chi connectivity index (χ0v) is 15.9. The lowest BCUT2D eigenvalue weighted by molar-refractivity contribution is 0.630. The van der Waals surface area contributed by atoms with E-state index in [0.29, 0.717) is 11.4 Å². The maximum atomic E-state index is 14.2. The highest BCUT2D eigenvalue weighted by Crippen LogP contribution is 2.29. The molecule has 4 rings (SSSR count). The third-order valence-corrected chi connectivity index (χ3v) is 4.47. The van der Waals surface area contributed by atoms with Gasteiger partial charge in [-0.1, -0.05) is 11.6 Å². The topological polar surface area (TPSA) is 153 Å². The molecule has 29 heavy (non-hydrogen) atoms. The Labute approximate surface area is 167 Å². The molecular weight excluding hydrogens is 403 g/mol. The van der Waals surface area contributed by atoms with Crippen molar-refractivity contribution in [1.82, 2.24) is 40.1 Å². The first-order valence-corrected chi connectivity index (χ1v) is 8.72. The van der Waals surface area contributed by atoms with E-state index in [2.05, 4.69) is 40.7 Å². The van der Waals surface area contributed by atoms with Gasteiger partial charge >= 0.3 is 0 Å². The van der Waals surface area contributed by atoms with Crippen LogP contribution in [0.15, 0.2) is 23.3 Å². The first-order chi connectivity index (χ1) is 13.8. The predicted octanol–water partition coefficient (Wildman–Crippen LogP) is 1.45. The molecule has 0 saturated heterocycles. The summed E-state index contributed by atoms with van der Waals surface area (Å²) >= 11 is 6.01. The van der Waals surface area contributed by atoms with Gasteiger partial charge in [0.05, 0.1) is 23.5 Å². The Hall–Kier alpha value is -3.67. The number of nitrogens with zero attached hydrogens (tertiary/aromatic N) is 7. The van der Waals surface area contributed by atoms with Gasteiger partial charge in [-0.05, 0) is 24.3 Å². The summed E-state index contributed by atoms with van der Waals surface area (Å²) in [6.45, 7) is 1.71. The molecule has 0 bridgehead atoms. The van der Waals surface area contributed by atoms with E-state index in [1.54, 1.807) is 14.0 Å². The maximum Gasteiger partial charge on any atom is 0.260 e. The number of hydrogen-bond acceptors (Lipinski definition) is 9. The van der Waals surface area contributed by atoms with Gasteiger partial charge in [0.1, 0.15) is 40.7 Å². The first kappa shape index (κ1) is 18.7. The molecule has 0 radical (unpaired) electrons. The minimum absolute atomic E-state index is 0.0154.